The third-order valence-electron chi connectivity index (χ3n) is 15.4. The van der Waals surface area contributed by atoms with Gasteiger partial charge in [-0.05, 0) is 98.4 Å². The number of hydrogen-bond donors (Lipinski definition) is 4. The van der Waals surface area contributed by atoms with Crippen molar-refractivity contribution in [2.75, 3.05) is 49.9 Å². The maximum Gasteiger partial charge on any atom is 0.243 e. The Morgan fingerprint density at radius 1 is 0.934 bits per heavy atom. The van der Waals surface area contributed by atoms with Gasteiger partial charge in [0.2, 0.25) is 17.7 Å². The van der Waals surface area contributed by atoms with Crippen molar-refractivity contribution in [2.24, 2.45) is 11.8 Å². The van der Waals surface area contributed by atoms with Crippen LogP contribution in [0.2, 0.25) is 0 Å². The topological polar surface area (TPSA) is 218 Å². The van der Waals surface area contributed by atoms with E-state index >= 15 is 4.39 Å². The highest BCUT2D eigenvalue weighted by Crippen LogP contribution is 2.37. The predicted octanol–water partition coefficient (Wildman–Crippen LogP) is 8.60. The Kier molecular flexibility index (Phi) is 16.1. The molecule has 1 saturated carbocycles. The molecule has 0 radical (unpaired) electrons. The molecular formula is C57H67FN10O7S. The molecule has 3 aliphatic heterocycles. The van der Waals surface area contributed by atoms with Crippen LogP contribution in [0.3, 0.4) is 0 Å². The number of pyridine rings is 1. The van der Waals surface area contributed by atoms with Gasteiger partial charge in [0.15, 0.2) is 17.4 Å². The van der Waals surface area contributed by atoms with Crippen LogP contribution in [0.5, 0.6) is 11.6 Å². The number of nitrogen functional groups attached to an aromatic ring is 1. The Morgan fingerprint density at radius 3 is 2.42 bits per heavy atom. The van der Waals surface area contributed by atoms with Crippen LogP contribution in [0.1, 0.15) is 106 Å². The fourth-order valence-electron chi connectivity index (χ4n) is 11.0. The van der Waals surface area contributed by atoms with Gasteiger partial charge in [-0.2, -0.15) is 0 Å². The van der Waals surface area contributed by atoms with Crippen molar-refractivity contribution in [2.45, 2.75) is 115 Å². The summed E-state index contributed by atoms with van der Waals surface area (Å²) in [5.41, 5.74) is 12.2. The van der Waals surface area contributed by atoms with Crippen LogP contribution in [0.4, 0.5) is 16.0 Å². The third-order valence-corrected chi connectivity index (χ3v) is 16.4. The minimum atomic E-state index is -0.812. The summed E-state index contributed by atoms with van der Waals surface area (Å²) in [4.78, 5) is 44.3. The van der Waals surface area contributed by atoms with Gasteiger partial charge in [0.1, 0.15) is 29.6 Å². The number of nitrogens with one attached hydrogen (secondary N) is 1. The summed E-state index contributed by atoms with van der Waals surface area (Å²) in [7, 11) is 0. The summed E-state index contributed by atoms with van der Waals surface area (Å²) in [5, 5.41) is 36.6. The summed E-state index contributed by atoms with van der Waals surface area (Å²) in [6.07, 6.45) is 8.10. The number of piperidine rings is 2. The molecule has 76 heavy (non-hydrogen) atoms. The van der Waals surface area contributed by atoms with Crippen LogP contribution in [0.15, 0.2) is 89.0 Å². The molecule has 6 aromatic rings. The Labute approximate surface area is 446 Å². The molecular weight excluding hydrogens is 988 g/mol. The largest absolute Gasteiger partial charge is 0.507 e. The fourth-order valence-corrected chi connectivity index (χ4v) is 11.8. The molecule has 2 aromatic carbocycles. The molecule has 4 atom stereocenters. The lowest BCUT2D eigenvalue weighted by Crippen LogP contribution is -2.48. The molecule has 0 unspecified atom stereocenters. The number of nitrogens with two attached hydrogens (primary N) is 1. The summed E-state index contributed by atoms with van der Waals surface area (Å²) >= 11 is 1.59. The van der Waals surface area contributed by atoms with Crippen molar-refractivity contribution in [1.29, 1.82) is 0 Å². The molecule has 7 heterocycles. The van der Waals surface area contributed by atoms with Crippen molar-refractivity contribution >= 4 is 46.7 Å². The van der Waals surface area contributed by atoms with E-state index in [0.29, 0.717) is 34.4 Å². The number of carbonyl (C=O) groups is 2. The lowest BCUT2D eigenvalue weighted by atomic mass is 9.91. The molecule has 3 saturated heterocycles. The zero-order valence-electron chi connectivity index (χ0n) is 43.4. The van der Waals surface area contributed by atoms with Gasteiger partial charge < -0.3 is 50.0 Å². The second-order valence-electron chi connectivity index (χ2n) is 21.2. The Morgan fingerprint density at radius 2 is 1.70 bits per heavy atom. The van der Waals surface area contributed by atoms with Gasteiger partial charge in [-0.1, -0.05) is 55.4 Å². The molecule has 0 spiro atoms. The number of halogens is 1. The van der Waals surface area contributed by atoms with Crippen LogP contribution >= 0.6 is 11.3 Å². The Bertz CT molecular complexity index is 3000. The first kappa shape index (κ1) is 52.6. The number of carbonyl (C=O) groups excluding carboxylic acids is 2. The van der Waals surface area contributed by atoms with Gasteiger partial charge in [-0.3, -0.25) is 9.59 Å². The standard InChI is InChI=1S/C57H67FN10O7S/c1-33(2)53(57(72)68-31-40(69)25-48(68)56(71)62-34(3)38-9-11-39(12-10-38)54-35(4)61-32-76-54)50-29-51(65-75-50)67-21-14-36(15-22-67)30-66-19-16-41(17-20-66)73-42-26-43(27-42)74-52-24-37(13-18-60-52)23-46(58)45-28-47(63-64-55(45)59)44-7-5-6-8-49(44)70/h5-13,18,23-24,28-29,32-34,36,40-43,48,53,69-70H,14-17,19-22,25-27,30-31H2,1-4H3,(H2,59,64)(H,62,71)/t34-,40+,42?,43?,48-,53+/m0/s1. The first-order valence-electron chi connectivity index (χ1n) is 26.5. The van der Waals surface area contributed by atoms with E-state index in [2.05, 4.69) is 40.4 Å². The lowest BCUT2D eigenvalue weighted by Gasteiger charge is -2.41. The number of hydrogen-bond acceptors (Lipinski definition) is 16. The first-order chi connectivity index (χ1) is 36.7. The van der Waals surface area contributed by atoms with Crippen molar-refractivity contribution in [3.63, 3.8) is 0 Å². The molecule has 1 aliphatic carbocycles. The fraction of sp³-hybridized carbons (Fsp3) is 0.456. The highest BCUT2D eigenvalue weighted by atomic mass is 32.1. The van der Waals surface area contributed by atoms with E-state index in [1.807, 2.05) is 63.5 Å². The smallest absolute Gasteiger partial charge is 0.243 e. The predicted molar refractivity (Wildman–Crippen MR) is 289 cm³/mol. The van der Waals surface area contributed by atoms with Crippen LogP contribution in [0.25, 0.3) is 33.6 Å². The highest BCUT2D eigenvalue weighted by Gasteiger charge is 2.44. The molecule has 2 amide bonds. The van der Waals surface area contributed by atoms with E-state index in [1.165, 1.54) is 23.1 Å². The maximum absolute atomic E-state index is 15.6. The average Bonchev–Trinajstić information content (AvgIpc) is 4.18. The molecule has 400 valence electrons. The zero-order valence-corrected chi connectivity index (χ0v) is 44.2. The van der Waals surface area contributed by atoms with Crippen LogP contribution in [-0.2, 0) is 14.3 Å². The molecule has 10 rings (SSSR count). The van der Waals surface area contributed by atoms with Crippen molar-refractivity contribution in [3.05, 3.63) is 113 Å². The quantitative estimate of drug-likeness (QED) is 0.0672. The van der Waals surface area contributed by atoms with Gasteiger partial charge in [0.05, 0.1) is 51.7 Å². The number of aromatic nitrogens is 5. The minimum Gasteiger partial charge on any atom is -0.507 e. The Hall–Kier alpha value is -6.80. The number of rotatable bonds is 17. The van der Waals surface area contributed by atoms with Crippen molar-refractivity contribution < 1.29 is 38.2 Å². The average molecular weight is 1060 g/mol. The Balaban J connectivity index is 0.646. The number of phenols is 1. The number of phenolic OH excluding ortho intramolecular Hbond substituents is 1. The van der Waals surface area contributed by atoms with Crippen LogP contribution < -0.4 is 20.7 Å². The SMILES string of the molecule is Cc1ncsc1-c1ccc([C@H](C)NC(=O)[C@@H]2C[C@@H](O)CN2C(=O)[C@@H](c2cc(N3CCC(CN4CCC(OC5CC(Oc6cc(C=C(F)c7cc(-c8ccccc8O)nnc7N)ccn6)C5)CC4)CC3)no2)C(C)C)cc1. The number of aliphatic hydroxyl groups is 1. The van der Waals surface area contributed by atoms with Gasteiger partial charge in [-0.25, -0.2) is 14.4 Å². The molecule has 19 heteroatoms. The van der Waals surface area contributed by atoms with E-state index in [1.54, 1.807) is 47.9 Å². The number of nitrogens with zero attached hydrogens (tertiary/aromatic N) is 8. The number of para-hydroxylation sites is 1. The number of aromatic hydroxyl groups is 1. The van der Waals surface area contributed by atoms with Crippen molar-refractivity contribution in [1.82, 2.24) is 40.4 Å². The molecule has 4 aliphatic rings. The number of likely N-dealkylation sites (tertiary alicyclic amines) is 2. The number of thiazole rings is 1. The summed E-state index contributed by atoms with van der Waals surface area (Å²) in [5.74, 6) is 0.131. The number of aryl methyl sites for hydroxylation is 1. The van der Waals surface area contributed by atoms with E-state index < -0.39 is 23.9 Å². The molecule has 4 fully saturated rings. The van der Waals surface area contributed by atoms with Crippen LogP contribution in [0, 0.1) is 18.8 Å². The van der Waals surface area contributed by atoms with E-state index in [4.69, 9.17) is 19.7 Å². The monoisotopic (exact) mass is 1050 g/mol. The van der Waals surface area contributed by atoms with Gasteiger partial charge in [0, 0.05) is 82.4 Å². The summed E-state index contributed by atoms with van der Waals surface area (Å²) in [6, 6.07) is 20.3. The molecule has 5 N–H and O–H groups in total. The summed E-state index contributed by atoms with van der Waals surface area (Å²) in [6.45, 7) is 12.6. The van der Waals surface area contributed by atoms with Crippen LogP contribution in [-0.4, -0.2) is 127 Å². The molecule has 4 aromatic heterocycles. The minimum absolute atomic E-state index is 0.00639. The molecule has 0 bridgehead atoms. The first-order valence-corrected chi connectivity index (χ1v) is 27.4. The maximum atomic E-state index is 15.6. The normalized spacial score (nSPS) is 21.6. The highest BCUT2D eigenvalue weighted by molar-refractivity contribution is 7.13. The lowest BCUT2D eigenvalue weighted by molar-refractivity contribution is -0.141. The number of aliphatic hydroxyl groups excluding tert-OH is 1. The van der Waals surface area contributed by atoms with Crippen molar-refractivity contribution in [3.8, 4) is 33.3 Å². The number of ether oxygens (including phenoxy) is 2. The molecule has 17 nitrogen and oxygen atoms in total. The number of benzene rings is 2. The van der Waals surface area contributed by atoms with E-state index in [0.717, 1.165) is 98.8 Å². The number of amides is 2. The van der Waals surface area contributed by atoms with Gasteiger partial charge in [-0.15, -0.1) is 21.5 Å². The number of β-amino-alcohol motifs (C(OH)–C–C–N with tert-alkyl or cyclic N) is 1. The van der Waals surface area contributed by atoms with E-state index in [9.17, 15) is 19.8 Å². The van der Waals surface area contributed by atoms with Gasteiger partial charge in [0.25, 0.3) is 0 Å². The third kappa shape index (κ3) is 12.1. The summed E-state index contributed by atoms with van der Waals surface area (Å²) < 4.78 is 34.2. The second-order valence-corrected chi connectivity index (χ2v) is 22.0. The zero-order chi connectivity index (χ0) is 53.0. The second kappa shape index (κ2) is 23.2. The van der Waals surface area contributed by atoms with E-state index in [-0.39, 0.29) is 72.2 Å². The van der Waals surface area contributed by atoms with Gasteiger partial charge >= 0.3 is 0 Å². The number of anilines is 2.